The van der Waals surface area contributed by atoms with E-state index in [1.165, 1.54) is 7.11 Å². The molecule has 27 heavy (non-hydrogen) atoms. The van der Waals surface area contributed by atoms with Gasteiger partial charge in [-0.2, -0.15) is 4.99 Å². The molecule has 4 N–H and O–H groups in total. The Bertz CT molecular complexity index is 829. The van der Waals surface area contributed by atoms with Gasteiger partial charge in [0.1, 0.15) is 18.9 Å². The second-order valence-electron chi connectivity index (χ2n) is 6.82. The number of fused-ring (bicyclic) bond motifs is 1. The van der Waals surface area contributed by atoms with Crippen molar-refractivity contribution < 1.29 is 19.0 Å². The second kappa shape index (κ2) is 6.64. The number of benzene rings is 1. The molecule has 9 nitrogen and oxygen atoms in total. The Morgan fingerprint density at radius 3 is 2.48 bits per heavy atom. The molecular formula is C18H23N5O4. The molecule has 2 aliphatic heterocycles. The number of carbonyl (C=O) groups is 1. The monoisotopic (exact) mass is 373 g/mol. The van der Waals surface area contributed by atoms with Crippen LogP contribution in [0.1, 0.15) is 42.5 Å². The maximum atomic E-state index is 12.5. The summed E-state index contributed by atoms with van der Waals surface area (Å²) < 4.78 is 16.3. The van der Waals surface area contributed by atoms with E-state index in [2.05, 4.69) is 9.98 Å². The summed E-state index contributed by atoms with van der Waals surface area (Å²) in [5, 5.41) is 0. The lowest BCUT2D eigenvalue weighted by molar-refractivity contribution is 0.0600. The van der Waals surface area contributed by atoms with Gasteiger partial charge >= 0.3 is 5.97 Å². The van der Waals surface area contributed by atoms with Crippen LogP contribution in [-0.2, 0) is 4.74 Å². The van der Waals surface area contributed by atoms with Crippen LogP contribution in [0.3, 0.4) is 0 Å². The van der Waals surface area contributed by atoms with Crippen LogP contribution in [0.15, 0.2) is 22.1 Å². The van der Waals surface area contributed by atoms with Gasteiger partial charge in [-0.25, -0.2) is 9.79 Å². The largest absolute Gasteiger partial charge is 0.486 e. The summed E-state index contributed by atoms with van der Waals surface area (Å²) in [6.45, 7) is 0.856. The highest BCUT2D eigenvalue weighted by Crippen LogP contribution is 2.44. The molecule has 0 atom stereocenters. The maximum Gasteiger partial charge on any atom is 0.340 e. The molecule has 1 spiro atoms. The Morgan fingerprint density at radius 1 is 1.15 bits per heavy atom. The van der Waals surface area contributed by atoms with E-state index in [9.17, 15) is 4.79 Å². The Balaban J connectivity index is 1.89. The smallest absolute Gasteiger partial charge is 0.340 e. The molecule has 0 saturated heterocycles. The number of guanidine groups is 2. The molecule has 0 bridgehead atoms. The number of hydrogen-bond donors (Lipinski definition) is 2. The van der Waals surface area contributed by atoms with Crippen molar-refractivity contribution in [3.63, 3.8) is 0 Å². The van der Waals surface area contributed by atoms with Gasteiger partial charge in [0.25, 0.3) is 0 Å². The average molecular weight is 373 g/mol. The van der Waals surface area contributed by atoms with E-state index in [1.807, 2.05) is 0 Å². The Morgan fingerprint density at radius 2 is 1.81 bits per heavy atom. The number of carbonyl (C=O) groups excluding carboxylic acids is 1. The fourth-order valence-electron chi connectivity index (χ4n) is 4.01. The predicted molar refractivity (Wildman–Crippen MR) is 100 cm³/mol. The lowest BCUT2D eigenvalue weighted by atomic mass is 9.87. The minimum absolute atomic E-state index is 0.155. The average Bonchev–Trinajstić information content (AvgIpc) is 2.66. The number of hydrogen-bond acceptors (Lipinski definition) is 9. The first kappa shape index (κ1) is 17.4. The van der Waals surface area contributed by atoms with Crippen LogP contribution in [0, 0.1) is 0 Å². The third-order valence-corrected chi connectivity index (χ3v) is 5.16. The minimum atomic E-state index is -0.666. The third kappa shape index (κ3) is 2.92. The molecule has 1 aliphatic carbocycles. The van der Waals surface area contributed by atoms with Crippen molar-refractivity contribution in [2.24, 2.45) is 21.5 Å². The van der Waals surface area contributed by atoms with Crippen LogP contribution in [0.5, 0.6) is 11.5 Å². The summed E-state index contributed by atoms with van der Waals surface area (Å²) in [6, 6.07) is 3.37. The normalized spacial score (nSPS) is 20.7. The van der Waals surface area contributed by atoms with Gasteiger partial charge in [-0.15, -0.1) is 0 Å². The second-order valence-corrected chi connectivity index (χ2v) is 6.82. The fourth-order valence-corrected chi connectivity index (χ4v) is 4.01. The highest BCUT2D eigenvalue weighted by molar-refractivity contribution is 6.09. The number of rotatable bonds is 2. The van der Waals surface area contributed by atoms with Crippen LogP contribution in [0.25, 0.3) is 0 Å². The lowest BCUT2D eigenvalue weighted by Gasteiger charge is -2.46. The van der Waals surface area contributed by atoms with Gasteiger partial charge in [-0.05, 0) is 25.7 Å². The highest BCUT2D eigenvalue weighted by atomic mass is 16.6. The van der Waals surface area contributed by atoms with Crippen molar-refractivity contribution in [3.05, 3.63) is 17.7 Å². The number of aliphatic imine (C=N–C) groups is 2. The van der Waals surface area contributed by atoms with Gasteiger partial charge in [0.2, 0.25) is 11.9 Å². The summed E-state index contributed by atoms with van der Waals surface area (Å²) >= 11 is 0. The van der Waals surface area contributed by atoms with Crippen LogP contribution < -0.4 is 25.8 Å². The molecule has 144 valence electrons. The number of nitrogens with zero attached hydrogens (tertiary/aromatic N) is 3. The first-order valence-electron chi connectivity index (χ1n) is 9.06. The zero-order valence-corrected chi connectivity index (χ0v) is 15.2. The number of nitrogens with two attached hydrogens (primary N) is 2. The van der Waals surface area contributed by atoms with Gasteiger partial charge in [0.15, 0.2) is 11.5 Å². The van der Waals surface area contributed by atoms with Crippen molar-refractivity contribution in [1.82, 2.24) is 0 Å². The van der Waals surface area contributed by atoms with Crippen LogP contribution >= 0.6 is 0 Å². The number of ether oxygens (including phenoxy) is 3. The molecule has 1 aromatic carbocycles. The predicted octanol–water partition coefficient (Wildman–Crippen LogP) is 1.35. The minimum Gasteiger partial charge on any atom is -0.486 e. The number of anilines is 1. The number of methoxy groups -OCH3 is 1. The van der Waals surface area contributed by atoms with Gasteiger partial charge in [-0.1, -0.05) is 6.42 Å². The summed E-state index contributed by atoms with van der Waals surface area (Å²) in [5.41, 5.74) is 12.4. The fraction of sp³-hybridized carbons (Fsp3) is 0.500. The van der Waals surface area contributed by atoms with Crippen molar-refractivity contribution >= 4 is 23.6 Å². The Labute approximate surface area is 157 Å². The zero-order valence-electron chi connectivity index (χ0n) is 15.2. The summed E-state index contributed by atoms with van der Waals surface area (Å²) in [7, 11) is 1.34. The molecule has 1 aromatic rings. The highest BCUT2D eigenvalue weighted by Gasteiger charge is 2.44. The molecule has 0 unspecified atom stereocenters. The topological polar surface area (TPSA) is 125 Å². The molecule has 0 radical (unpaired) electrons. The van der Waals surface area contributed by atoms with Crippen LogP contribution in [0.4, 0.5) is 5.69 Å². The molecule has 2 heterocycles. The van der Waals surface area contributed by atoms with E-state index in [-0.39, 0.29) is 11.9 Å². The van der Waals surface area contributed by atoms with Crippen LogP contribution in [-0.4, -0.2) is 43.9 Å². The summed E-state index contributed by atoms with van der Waals surface area (Å²) in [4.78, 5) is 23.1. The molecule has 0 amide bonds. The van der Waals surface area contributed by atoms with Gasteiger partial charge in [0.05, 0.1) is 18.4 Å². The maximum absolute atomic E-state index is 12.5. The van der Waals surface area contributed by atoms with E-state index < -0.39 is 11.6 Å². The van der Waals surface area contributed by atoms with Crippen molar-refractivity contribution in [1.29, 1.82) is 0 Å². The van der Waals surface area contributed by atoms with Crippen molar-refractivity contribution in [2.45, 2.75) is 37.8 Å². The molecule has 9 heteroatoms. The summed E-state index contributed by atoms with van der Waals surface area (Å²) in [6.07, 6.45) is 4.61. The molecular weight excluding hydrogens is 350 g/mol. The van der Waals surface area contributed by atoms with Crippen molar-refractivity contribution in [2.75, 3.05) is 25.2 Å². The zero-order chi connectivity index (χ0) is 19.0. The quantitative estimate of drug-likeness (QED) is 0.750. The Hall–Kier alpha value is -2.97. The lowest BCUT2D eigenvalue weighted by Crippen LogP contribution is -2.58. The van der Waals surface area contributed by atoms with Crippen LogP contribution in [0.2, 0.25) is 0 Å². The first-order valence-corrected chi connectivity index (χ1v) is 9.06. The van der Waals surface area contributed by atoms with E-state index in [1.54, 1.807) is 17.0 Å². The number of esters is 1. The van der Waals surface area contributed by atoms with E-state index in [0.717, 1.165) is 32.1 Å². The molecule has 1 fully saturated rings. The van der Waals surface area contributed by atoms with E-state index in [0.29, 0.717) is 36.0 Å². The molecule has 0 aromatic heterocycles. The SMILES string of the molecule is COC(=O)c1cc2c(cc1N1C(N)=NC(N)=NC13CCCCC3)OCCO2. The third-order valence-electron chi connectivity index (χ3n) is 5.16. The molecule has 3 aliphatic rings. The Kier molecular flexibility index (Phi) is 4.29. The first-order chi connectivity index (χ1) is 13.0. The standard InChI is InChI=1S/C18H23N5O4/c1-25-15(24)11-9-13-14(27-8-7-26-13)10-12(11)23-17(20)21-16(19)22-18(23)5-3-2-4-6-18/h9-10H,2-8H2,1H3,(H4,19,20,21,22). The van der Waals surface area contributed by atoms with Gasteiger partial charge in [0, 0.05) is 12.1 Å². The van der Waals surface area contributed by atoms with Gasteiger partial charge in [-0.3, -0.25) is 4.90 Å². The molecule has 1 saturated carbocycles. The van der Waals surface area contributed by atoms with E-state index >= 15 is 0 Å². The van der Waals surface area contributed by atoms with Gasteiger partial charge < -0.3 is 25.7 Å². The van der Waals surface area contributed by atoms with Crippen molar-refractivity contribution in [3.8, 4) is 11.5 Å². The van der Waals surface area contributed by atoms with E-state index in [4.69, 9.17) is 25.7 Å². The molecule has 4 rings (SSSR count). The summed E-state index contributed by atoms with van der Waals surface area (Å²) in [5.74, 6) is 0.904.